The predicted octanol–water partition coefficient (Wildman–Crippen LogP) is 2.60. The van der Waals surface area contributed by atoms with Gasteiger partial charge in [-0.15, -0.1) is 0 Å². The van der Waals surface area contributed by atoms with Gasteiger partial charge in [-0.2, -0.15) is 0 Å². The third-order valence-electron chi connectivity index (χ3n) is 4.01. The highest BCUT2D eigenvalue weighted by Crippen LogP contribution is 2.30. The van der Waals surface area contributed by atoms with Gasteiger partial charge in [0.1, 0.15) is 0 Å². The molecule has 1 aliphatic rings. The van der Waals surface area contributed by atoms with Gasteiger partial charge in [-0.3, -0.25) is 4.90 Å². The van der Waals surface area contributed by atoms with E-state index in [2.05, 4.69) is 0 Å². The Morgan fingerprint density at radius 3 is 2.75 bits per heavy atom. The molecule has 1 aromatic rings. The molecule has 1 heterocycles. The Morgan fingerprint density at radius 2 is 2.15 bits per heavy atom. The molecule has 1 aliphatic heterocycles. The van der Waals surface area contributed by atoms with Crippen molar-refractivity contribution in [2.75, 3.05) is 18.5 Å². The molecule has 1 aromatic carbocycles. The zero-order chi connectivity index (χ0) is 14.9. The maximum Gasteiger partial charge on any atom is 0.335 e. The van der Waals surface area contributed by atoms with Gasteiger partial charge in [-0.05, 0) is 37.5 Å². The maximum absolute atomic E-state index is 12.5. The van der Waals surface area contributed by atoms with E-state index in [4.69, 9.17) is 5.11 Å². The van der Waals surface area contributed by atoms with Gasteiger partial charge in [0.05, 0.1) is 5.56 Å². The maximum atomic E-state index is 12.5. The van der Waals surface area contributed by atoms with Crippen LogP contribution >= 0.6 is 0 Å². The van der Waals surface area contributed by atoms with E-state index in [9.17, 15) is 9.59 Å². The van der Waals surface area contributed by atoms with Gasteiger partial charge in [0, 0.05) is 25.3 Å². The zero-order valence-electron chi connectivity index (χ0n) is 12.1. The van der Waals surface area contributed by atoms with Crippen molar-refractivity contribution in [3.8, 4) is 0 Å². The summed E-state index contributed by atoms with van der Waals surface area (Å²) >= 11 is 0. The fourth-order valence-corrected chi connectivity index (χ4v) is 2.36. The average Bonchev–Trinajstić information content (AvgIpc) is 2.87. The van der Waals surface area contributed by atoms with Crippen molar-refractivity contribution >= 4 is 17.7 Å². The molecule has 1 atom stereocenters. The molecule has 1 N–H and O–H groups in total. The second-order valence-electron chi connectivity index (χ2n) is 5.20. The molecule has 5 heteroatoms. The molecule has 0 aliphatic carbocycles. The van der Waals surface area contributed by atoms with E-state index in [0.29, 0.717) is 6.54 Å². The summed E-state index contributed by atoms with van der Waals surface area (Å²) < 4.78 is 0. The van der Waals surface area contributed by atoms with Crippen LogP contribution in [-0.2, 0) is 6.42 Å². The number of carbonyl (C=O) groups excluding carboxylic acids is 1. The number of urea groups is 1. The summed E-state index contributed by atoms with van der Waals surface area (Å²) in [5.41, 5.74) is 1.97. The van der Waals surface area contributed by atoms with E-state index in [0.717, 1.165) is 24.1 Å². The minimum atomic E-state index is -0.970. The van der Waals surface area contributed by atoms with E-state index >= 15 is 0 Å². The highest BCUT2D eigenvalue weighted by atomic mass is 16.4. The Morgan fingerprint density at radius 1 is 1.45 bits per heavy atom. The number of fused-ring (bicyclic) bond motifs is 1. The van der Waals surface area contributed by atoms with Crippen LogP contribution in [0, 0.1) is 0 Å². The fourth-order valence-electron chi connectivity index (χ4n) is 2.36. The second kappa shape index (κ2) is 5.53. The van der Waals surface area contributed by atoms with Crippen molar-refractivity contribution in [1.82, 2.24) is 4.90 Å². The van der Waals surface area contributed by atoms with Crippen molar-refractivity contribution in [1.29, 1.82) is 0 Å². The Labute approximate surface area is 118 Å². The van der Waals surface area contributed by atoms with Crippen molar-refractivity contribution in [2.45, 2.75) is 32.7 Å². The first-order chi connectivity index (χ1) is 9.45. The predicted molar refractivity (Wildman–Crippen MR) is 77.4 cm³/mol. The molecule has 0 aromatic heterocycles. The standard InChI is InChI=1S/C15H20N2O3/c1-4-10(2)16(3)15(20)17-8-7-11-5-6-12(14(18)19)9-13(11)17/h5-6,9-10H,4,7-8H2,1-3H3,(H,18,19). The number of hydrogen-bond donors (Lipinski definition) is 1. The molecule has 1 unspecified atom stereocenters. The van der Waals surface area contributed by atoms with E-state index in [1.165, 1.54) is 0 Å². The molecule has 0 saturated carbocycles. The number of carboxylic acid groups (broad SMARTS) is 1. The summed E-state index contributed by atoms with van der Waals surface area (Å²) in [5, 5.41) is 9.06. The molecule has 5 nitrogen and oxygen atoms in total. The quantitative estimate of drug-likeness (QED) is 0.923. The third-order valence-corrected chi connectivity index (χ3v) is 4.01. The van der Waals surface area contributed by atoms with Gasteiger partial charge < -0.3 is 10.0 Å². The van der Waals surface area contributed by atoms with E-state index < -0.39 is 5.97 Å². The molecule has 2 rings (SSSR count). The smallest absolute Gasteiger partial charge is 0.335 e. The van der Waals surface area contributed by atoms with Crippen molar-refractivity contribution in [3.63, 3.8) is 0 Å². The molecule has 108 valence electrons. The number of benzene rings is 1. The van der Waals surface area contributed by atoms with Crippen LogP contribution in [0.2, 0.25) is 0 Å². The number of amides is 2. The SMILES string of the molecule is CCC(C)N(C)C(=O)N1CCc2ccc(C(=O)O)cc21. The average molecular weight is 276 g/mol. The molecule has 0 saturated heterocycles. The number of carboxylic acids is 1. The van der Waals surface area contributed by atoms with Crippen LogP contribution in [0.4, 0.5) is 10.5 Å². The normalized spacial score (nSPS) is 14.8. The Kier molecular flexibility index (Phi) is 3.97. The van der Waals surface area contributed by atoms with Crippen LogP contribution in [0.1, 0.15) is 36.2 Å². The molecule has 20 heavy (non-hydrogen) atoms. The van der Waals surface area contributed by atoms with Gasteiger partial charge in [0.15, 0.2) is 0 Å². The van der Waals surface area contributed by atoms with Crippen LogP contribution in [0.5, 0.6) is 0 Å². The lowest BCUT2D eigenvalue weighted by atomic mass is 10.1. The zero-order valence-corrected chi connectivity index (χ0v) is 12.1. The van der Waals surface area contributed by atoms with Gasteiger partial charge in [-0.25, -0.2) is 9.59 Å². The summed E-state index contributed by atoms with van der Waals surface area (Å²) in [6.45, 7) is 4.65. The first-order valence-corrected chi connectivity index (χ1v) is 6.86. The lowest BCUT2D eigenvalue weighted by Gasteiger charge is -2.29. The number of hydrogen-bond acceptors (Lipinski definition) is 2. The lowest BCUT2D eigenvalue weighted by Crippen LogP contribution is -2.44. The van der Waals surface area contributed by atoms with E-state index in [-0.39, 0.29) is 17.6 Å². The lowest BCUT2D eigenvalue weighted by molar-refractivity contribution is 0.0697. The molecule has 0 bridgehead atoms. The van der Waals surface area contributed by atoms with Crippen LogP contribution in [0.25, 0.3) is 0 Å². The minimum absolute atomic E-state index is 0.0689. The number of nitrogens with zero attached hydrogens (tertiary/aromatic N) is 2. The molecule has 0 fully saturated rings. The minimum Gasteiger partial charge on any atom is -0.478 e. The highest BCUT2D eigenvalue weighted by molar-refractivity contribution is 5.97. The summed E-state index contributed by atoms with van der Waals surface area (Å²) in [7, 11) is 1.79. The Hall–Kier alpha value is -2.04. The van der Waals surface area contributed by atoms with Crippen LogP contribution in [-0.4, -0.2) is 41.6 Å². The van der Waals surface area contributed by atoms with Gasteiger partial charge >= 0.3 is 12.0 Å². The van der Waals surface area contributed by atoms with E-state index in [1.54, 1.807) is 35.0 Å². The van der Waals surface area contributed by atoms with Crippen molar-refractivity contribution in [3.05, 3.63) is 29.3 Å². The third kappa shape index (κ3) is 2.48. The number of rotatable bonds is 3. The van der Waals surface area contributed by atoms with E-state index in [1.807, 2.05) is 13.8 Å². The van der Waals surface area contributed by atoms with Gasteiger partial charge in [-0.1, -0.05) is 13.0 Å². The van der Waals surface area contributed by atoms with Gasteiger partial charge in [0.2, 0.25) is 0 Å². The molecule has 0 spiro atoms. The second-order valence-corrected chi connectivity index (χ2v) is 5.20. The van der Waals surface area contributed by atoms with Crippen molar-refractivity contribution in [2.24, 2.45) is 0 Å². The van der Waals surface area contributed by atoms with Crippen molar-refractivity contribution < 1.29 is 14.7 Å². The summed E-state index contributed by atoms with van der Waals surface area (Å²) in [4.78, 5) is 26.9. The summed E-state index contributed by atoms with van der Waals surface area (Å²) in [6.07, 6.45) is 1.66. The Balaban J connectivity index is 2.28. The monoisotopic (exact) mass is 276 g/mol. The number of anilines is 1. The first-order valence-electron chi connectivity index (χ1n) is 6.86. The molecule has 0 radical (unpaired) electrons. The largest absolute Gasteiger partial charge is 0.478 e. The van der Waals surface area contributed by atoms with Crippen LogP contribution in [0.15, 0.2) is 18.2 Å². The molecular formula is C15H20N2O3. The first kappa shape index (κ1) is 14.4. The number of aromatic carboxylic acids is 1. The fraction of sp³-hybridized carbons (Fsp3) is 0.467. The highest BCUT2D eigenvalue weighted by Gasteiger charge is 2.29. The summed E-state index contributed by atoms with van der Waals surface area (Å²) in [6, 6.07) is 5.07. The van der Waals surface area contributed by atoms with Crippen LogP contribution < -0.4 is 4.90 Å². The Bertz CT molecular complexity index is 542. The molecular weight excluding hydrogens is 256 g/mol. The van der Waals surface area contributed by atoms with Gasteiger partial charge in [0.25, 0.3) is 0 Å². The topological polar surface area (TPSA) is 60.9 Å². The summed E-state index contributed by atoms with van der Waals surface area (Å²) in [5.74, 6) is -0.970. The number of carbonyl (C=O) groups is 2. The molecule has 2 amide bonds. The van der Waals surface area contributed by atoms with Crippen LogP contribution in [0.3, 0.4) is 0 Å².